The first-order valence-electron chi connectivity index (χ1n) is 22.1. The predicted octanol–water partition coefficient (Wildman–Crippen LogP) is 2.42. The number of nitrogens with one attached hydrogen (secondary N) is 1. The van der Waals surface area contributed by atoms with E-state index in [1.807, 2.05) is 17.0 Å². The highest BCUT2D eigenvalue weighted by atomic mass is 19.3. The van der Waals surface area contributed by atoms with Gasteiger partial charge in [0.05, 0.1) is 31.0 Å². The second-order valence-corrected chi connectivity index (χ2v) is 17.5. The van der Waals surface area contributed by atoms with E-state index < -0.39 is 48.0 Å². The molecule has 9 rings (SSSR count). The van der Waals surface area contributed by atoms with E-state index in [2.05, 4.69) is 25.0 Å². The van der Waals surface area contributed by atoms with Crippen molar-refractivity contribution in [1.82, 2.24) is 34.9 Å². The first kappa shape index (κ1) is 43.2. The number of nitrogens with zero attached hydrogens (tertiary/aromatic N) is 9. The van der Waals surface area contributed by atoms with Gasteiger partial charge in [0.25, 0.3) is 23.6 Å². The van der Waals surface area contributed by atoms with E-state index in [0.717, 1.165) is 99.1 Å². The van der Waals surface area contributed by atoms with Crippen LogP contribution in [0, 0.1) is 0 Å². The summed E-state index contributed by atoms with van der Waals surface area (Å²) in [5.74, 6) is -5.80. The number of imide groups is 2. The average Bonchev–Trinajstić information content (AvgIpc) is 3.91. The van der Waals surface area contributed by atoms with Gasteiger partial charge in [-0.1, -0.05) is 18.9 Å². The van der Waals surface area contributed by atoms with E-state index in [9.17, 15) is 28.8 Å². The normalized spacial score (nSPS) is 22.2. The first-order chi connectivity index (χ1) is 30.8. The fraction of sp³-hybridized carbons (Fsp3) is 0.511. The number of fused-ring (bicyclic) bond motifs is 2. The van der Waals surface area contributed by atoms with Crippen LogP contribution in [0.1, 0.15) is 81.0 Å². The molecule has 1 aromatic heterocycles. The van der Waals surface area contributed by atoms with Gasteiger partial charge >= 0.3 is 5.92 Å². The molecule has 17 nitrogen and oxygen atoms in total. The number of aromatic nitrogens is 2. The molecule has 1 saturated carbocycles. The molecule has 5 aliphatic heterocycles. The van der Waals surface area contributed by atoms with Gasteiger partial charge in [-0.25, -0.2) is 9.97 Å². The number of carbonyl (C=O) groups excluding carboxylic acids is 6. The lowest BCUT2D eigenvalue weighted by Gasteiger charge is -2.39. The van der Waals surface area contributed by atoms with Crippen molar-refractivity contribution in [2.75, 3.05) is 101 Å². The van der Waals surface area contributed by atoms with Crippen LogP contribution >= 0.6 is 0 Å². The summed E-state index contributed by atoms with van der Waals surface area (Å²) in [4.78, 5) is 98.5. The Kier molecular flexibility index (Phi) is 11.8. The number of carbonyl (C=O) groups is 6. The van der Waals surface area contributed by atoms with Gasteiger partial charge in [0.1, 0.15) is 23.3 Å². The van der Waals surface area contributed by atoms with E-state index in [1.165, 1.54) is 20.4 Å². The van der Waals surface area contributed by atoms with Crippen molar-refractivity contribution in [3.05, 3.63) is 70.7 Å². The van der Waals surface area contributed by atoms with Crippen LogP contribution < -0.4 is 24.8 Å². The van der Waals surface area contributed by atoms with Gasteiger partial charge in [-0.3, -0.25) is 48.8 Å². The highest BCUT2D eigenvalue weighted by Crippen LogP contribution is 2.39. The SMILES string of the molecule is COc1cc(C(=O)N2CCN(CCN3CCN(c4ccc5c(c4)C(=O)N(C4CCC(=O)NC4=O)C5=O)CC3)CC2)ccc1Cc1ncc2c(n1)N(C1CCCC1)CC(F)(F)C(=O)N2C. The van der Waals surface area contributed by atoms with Crippen molar-refractivity contribution >= 4 is 52.6 Å². The average molecular weight is 883 g/mol. The van der Waals surface area contributed by atoms with Gasteiger partial charge in [0, 0.05) is 108 Å². The first-order valence-corrected chi connectivity index (χ1v) is 22.1. The molecule has 19 heteroatoms. The lowest BCUT2D eigenvalue weighted by molar-refractivity contribution is -0.140. The van der Waals surface area contributed by atoms with Crippen LogP contribution in [0.25, 0.3) is 0 Å². The quantitative estimate of drug-likeness (QED) is 0.295. The maximum Gasteiger partial charge on any atom is 0.342 e. The Morgan fingerprint density at radius 3 is 2.23 bits per heavy atom. The molecular formula is C45H52F2N10O7. The van der Waals surface area contributed by atoms with E-state index in [-0.39, 0.29) is 48.0 Å². The monoisotopic (exact) mass is 882 g/mol. The van der Waals surface area contributed by atoms with Crippen molar-refractivity contribution in [1.29, 1.82) is 0 Å². The maximum absolute atomic E-state index is 15.1. The summed E-state index contributed by atoms with van der Waals surface area (Å²) < 4.78 is 35.9. The molecule has 1 aliphatic carbocycles. The molecule has 0 radical (unpaired) electrons. The Morgan fingerprint density at radius 1 is 0.859 bits per heavy atom. The highest BCUT2D eigenvalue weighted by Gasteiger charge is 2.49. The molecule has 0 bridgehead atoms. The van der Waals surface area contributed by atoms with Crippen molar-refractivity contribution in [3.8, 4) is 5.75 Å². The minimum Gasteiger partial charge on any atom is -0.496 e. The van der Waals surface area contributed by atoms with Crippen molar-refractivity contribution < 1.29 is 42.3 Å². The van der Waals surface area contributed by atoms with Crippen LogP contribution in [0.3, 0.4) is 0 Å². The zero-order valence-corrected chi connectivity index (χ0v) is 36.1. The number of amides is 6. The Morgan fingerprint density at radius 2 is 1.55 bits per heavy atom. The van der Waals surface area contributed by atoms with E-state index in [0.29, 0.717) is 36.0 Å². The number of anilines is 3. The molecule has 3 aromatic rings. The lowest BCUT2D eigenvalue weighted by atomic mass is 10.0. The van der Waals surface area contributed by atoms with Crippen LogP contribution in [0.2, 0.25) is 0 Å². The number of piperazine rings is 2. The smallest absolute Gasteiger partial charge is 0.342 e. The van der Waals surface area contributed by atoms with Gasteiger partial charge in [-0.2, -0.15) is 8.78 Å². The van der Waals surface area contributed by atoms with Crippen molar-refractivity contribution in [2.45, 2.75) is 63.0 Å². The topological polar surface area (TPSA) is 172 Å². The van der Waals surface area contributed by atoms with Crippen LogP contribution in [-0.4, -0.2) is 169 Å². The van der Waals surface area contributed by atoms with Crippen molar-refractivity contribution in [2.24, 2.45) is 0 Å². The van der Waals surface area contributed by atoms with E-state index in [4.69, 9.17) is 9.72 Å². The summed E-state index contributed by atoms with van der Waals surface area (Å²) >= 11 is 0. The molecular weight excluding hydrogens is 831 g/mol. The van der Waals surface area contributed by atoms with Crippen molar-refractivity contribution in [3.63, 3.8) is 0 Å². The molecule has 1 atom stereocenters. The molecule has 64 heavy (non-hydrogen) atoms. The summed E-state index contributed by atoms with van der Waals surface area (Å²) in [6.07, 6.45) is 5.21. The standard InChI is InChI=1S/C45H52F2N10O7/c1-51-35-26-48-37(49-39(35)56(30-5-3-4-6-30)27-45(46,47)44(51)63)24-28-7-8-29(23-36(28)64-2)41(60)55-21-17-53(18-22-55)14-13-52-15-19-54(20-16-52)31-9-10-32-33(25-31)43(62)57(42(32)61)34-11-12-38(58)50-40(34)59/h7-10,23,25-26,30,34H,3-6,11-22,24,27H2,1-2H3,(H,50,58,59). The molecule has 6 amide bonds. The predicted molar refractivity (Wildman–Crippen MR) is 230 cm³/mol. The molecule has 6 aliphatic rings. The molecule has 4 fully saturated rings. The zero-order valence-electron chi connectivity index (χ0n) is 36.1. The number of hydrogen-bond donors (Lipinski definition) is 1. The van der Waals surface area contributed by atoms with E-state index >= 15 is 8.78 Å². The van der Waals surface area contributed by atoms with E-state index in [1.54, 1.807) is 29.2 Å². The molecule has 1 N–H and O–H groups in total. The van der Waals surface area contributed by atoms with Gasteiger partial charge in [-0.05, 0) is 49.6 Å². The minimum atomic E-state index is -3.56. The summed E-state index contributed by atoms with van der Waals surface area (Å²) in [5.41, 5.74) is 2.86. The van der Waals surface area contributed by atoms with Gasteiger partial charge in [-0.15, -0.1) is 0 Å². The summed E-state index contributed by atoms with van der Waals surface area (Å²) in [6.45, 7) is 6.73. The third-order valence-electron chi connectivity index (χ3n) is 13.6. The molecule has 3 saturated heterocycles. The highest BCUT2D eigenvalue weighted by molar-refractivity contribution is 6.23. The van der Waals surface area contributed by atoms with Gasteiger partial charge < -0.3 is 24.3 Å². The number of halogens is 2. The number of ether oxygens (including phenoxy) is 1. The summed E-state index contributed by atoms with van der Waals surface area (Å²) in [7, 11) is 2.87. The molecule has 338 valence electrons. The fourth-order valence-electron chi connectivity index (χ4n) is 9.88. The largest absolute Gasteiger partial charge is 0.496 e. The molecule has 2 aromatic carbocycles. The Bertz CT molecular complexity index is 2380. The van der Waals surface area contributed by atoms with Crippen LogP contribution in [0.4, 0.5) is 26.0 Å². The number of piperidine rings is 1. The number of methoxy groups -OCH3 is 1. The Balaban J connectivity index is 0.759. The Labute approximate surface area is 369 Å². The number of alkyl halides is 2. The number of benzene rings is 2. The molecule has 0 spiro atoms. The molecule has 1 unspecified atom stereocenters. The lowest BCUT2D eigenvalue weighted by Crippen LogP contribution is -2.54. The number of rotatable bonds is 10. The maximum atomic E-state index is 15.1. The van der Waals surface area contributed by atoms with Crippen LogP contribution in [-0.2, 0) is 20.8 Å². The second kappa shape index (κ2) is 17.5. The van der Waals surface area contributed by atoms with Crippen LogP contribution in [0.15, 0.2) is 42.6 Å². The Hall–Kier alpha value is -6.08. The second-order valence-electron chi connectivity index (χ2n) is 17.5. The number of hydrogen-bond acceptors (Lipinski definition) is 13. The fourth-order valence-corrected chi connectivity index (χ4v) is 9.88. The van der Waals surface area contributed by atoms with Crippen LogP contribution in [0.5, 0.6) is 5.75 Å². The third-order valence-corrected chi connectivity index (χ3v) is 13.6. The third kappa shape index (κ3) is 8.26. The van der Waals surface area contributed by atoms with Gasteiger partial charge in [0.2, 0.25) is 11.8 Å². The summed E-state index contributed by atoms with van der Waals surface area (Å²) in [5, 5.41) is 2.23. The molecule has 6 heterocycles. The minimum absolute atomic E-state index is 0.0708. The zero-order chi connectivity index (χ0) is 44.9. The summed E-state index contributed by atoms with van der Waals surface area (Å²) in [6, 6.07) is 9.39. The van der Waals surface area contributed by atoms with Gasteiger partial charge in [0.15, 0.2) is 5.82 Å².